The molecular weight excluding hydrogens is 191 g/mol. The van der Waals surface area contributed by atoms with Crippen LogP contribution in [-0.4, -0.2) is 17.9 Å². The molecule has 0 aliphatic rings. The molecule has 0 atom stereocenters. The van der Waals surface area contributed by atoms with Crippen LogP contribution in [0.4, 0.5) is 0 Å². The summed E-state index contributed by atoms with van der Waals surface area (Å²) in [5.41, 5.74) is 0. The molecule has 0 aliphatic heterocycles. The average molecular weight is 201 g/mol. The maximum Gasteiger partial charge on any atom is 3.00 e. The third-order valence-electron chi connectivity index (χ3n) is 0.498. The molecule has 48 valence electrons. The first-order chi connectivity index (χ1) is 3.18. The Balaban J connectivity index is -0.000000180. The quantitative estimate of drug-likeness (QED) is 0.451. The van der Waals surface area contributed by atoms with E-state index in [0.29, 0.717) is 0 Å². The number of amides is 1. The zero-order valence-electron chi connectivity index (χ0n) is 5.85. The summed E-state index contributed by atoms with van der Waals surface area (Å²) in [7, 11) is 4.83. The molecule has 0 aromatic rings. The van der Waals surface area contributed by atoms with Crippen molar-refractivity contribution in [1.82, 2.24) is 4.90 Å². The Labute approximate surface area is 82.2 Å². The molecule has 0 aliphatic carbocycles. The van der Waals surface area contributed by atoms with Crippen molar-refractivity contribution in [3.63, 3.8) is 0 Å². The fourth-order valence-electron chi connectivity index (χ4n) is 0.135. The summed E-state index contributed by atoms with van der Waals surface area (Å²) < 4.78 is 0. The van der Waals surface area contributed by atoms with Gasteiger partial charge in [-0.05, 0) is 7.05 Å². The van der Waals surface area contributed by atoms with E-state index in [1.165, 1.54) is 0 Å². The number of likely N-dealkylation sites (N-methyl/N-ethyl adjacent to an activating group) is 1. The summed E-state index contributed by atoms with van der Waals surface area (Å²) >= 11 is 0. The minimum absolute atomic E-state index is 0. The number of carbonyl (C=O) groups excluding carboxylic acids is 1. The molecule has 0 saturated carbocycles. The van der Waals surface area contributed by atoms with Gasteiger partial charge in [-0.1, -0.05) is 0 Å². The van der Waals surface area contributed by atoms with Gasteiger partial charge >= 0.3 is 32.7 Å². The summed E-state index contributed by atoms with van der Waals surface area (Å²) in [6, 6.07) is 0. The molecule has 0 aromatic carbocycles. The number of rotatable bonds is 1. The predicted octanol–water partition coefficient (Wildman–Crippen LogP) is 0.673. The Morgan fingerprint density at radius 1 is 1.78 bits per heavy atom. The Kier molecular flexibility index (Phi) is 14.9. The summed E-state index contributed by atoms with van der Waals surface area (Å²) in [4.78, 5) is 11.4. The Bertz CT molecular complexity index is 91.1. The first kappa shape index (κ1) is 16.1. The van der Waals surface area contributed by atoms with Crippen molar-refractivity contribution in [3.05, 3.63) is 27.1 Å². The predicted molar refractivity (Wildman–Crippen MR) is 33.4 cm³/mol. The fourth-order valence-corrected chi connectivity index (χ4v) is 0.135. The van der Waals surface area contributed by atoms with Gasteiger partial charge in [0.25, 0.3) is 0 Å². The molecule has 0 heterocycles. The SMILES string of the molecule is C=[C-]C(=O)N([CH2-])C.[CH3-].[Y+3]. The first-order valence-electron chi connectivity index (χ1n) is 1.79. The average Bonchev–Trinajstić information content (AvgIpc) is 1.65. The van der Waals surface area contributed by atoms with Crippen molar-refractivity contribution < 1.29 is 37.5 Å². The van der Waals surface area contributed by atoms with E-state index >= 15 is 0 Å². The van der Waals surface area contributed by atoms with Crippen LogP contribution in [0.3, 0.4) is 0 Å². The summed E-state index contributed by atoms with van der Waals surface area (Å²) in [5.74, 6) is -0.292. The molecule has 0 bridgehead atoms. The molecule has 0 saturated heterocycles. The second-order valence-corrected chi connectivity index (χ2v) is 1.18. The summed E-state index contributed by atoms with van der Waals surface area (Å²) in [6.07, 6.45) is 2.14. The molecule has 0 unspecified atom stereocenters. The smallest absolute Gasteiger partial charge is 0.525 e. The fraction of sp³-hybridized carbons (Fsp3) is 0.167. The molecule has 0 radical (unpaired) electrons. The van der Waals surface area contributed by atoms with E-state index in [4.69, 9.17) is 0 Å². The normalized spacial score (nSPS) is 6.00. The van der Waals surface area contributed by atoms with Crippen LogP contribution in [0.25, 0.3) is 0 Å². The van der Waals surface area contributed by atoms with Crippen molar-refractivity contribution in [3.8, 4) is 0 Å². The number of hydrogen-bond donors (Lipinski definition) is 0. The van der Waals surface area contributed by atoms with Gasteiger partial charge in [0.05, 0.1) is 0 Å². The third-order valence-corrected chi connectivity index (χ3v) is 0.498. The molecule has 0 spiro atoms. The Morgan fingerprint density at radius 3 is 2.11 bits per heavy atom. The van der Waals surface area contributed by atoms with E-state index in [2.05, 4.69) is 19.7 Å². The van der Waals surface area contributed by atoms with Crippen molar-refractivity contribution in [2.75, 3.05) is 7.05 Å². The molecule has 0 aromatic heterocycles. The van der Waals surface area contributed by atoms with Crippen molar-refractivity contribution in [2.24, 2.45) is 0 Å². The van der Waals surface area contributed by atoms with Gasteiger partial charge in [0.1, 0.15) is 0 Å². The van der Waals surface area contributed by atoms with E-state index in [-0.39, 0.29) is 46.0 Å². The Hall–Kier alpha value is 0.314. The molecule has 1 amide bonds. The molecule has 0 rings (SSSR count). The van der Waals surface area contributed by atoms with Gasteiger partial charge in [0.15, 0.2) is 0 Å². The number of carbonyl (C=O) groups is 1. The van der Waals surface area contributed by atoms with Crippen LogP contribution in [0.2, 0.25) is 0 Å². The van der Waals surface area contributed by atoms with E-state index in [1.54, 1.807) is 7.05 Å². The van der Waals surface area contributed by atoms with Gasteiger partial charge in [-0.2, -0.15) is 0 Å². The van der Waals surface area contributed by atoms with E-state index < -0.39 is 0 Å². The van der Waals surface area contributed by atoms with E-state index in [1.807, 2.05) is 0 Å². The van der Waals surface area contributed by atoms with E-state index in [0.717, 1.165) is 4.90 Å². The van der Waals surface area contributed by atoms with Gasteiger partial charge in [-0.3, -0.25) is 13.6 Å². The van der Waals surface area contributed by atoms with Gasteiger partial charge < -0.3 is 23.2 Å². The zero-order valence-corrected chi connectivity index (χ0v) is 8.69. The van der Waals surface area contributed by atoms with Crippen molar-refractivity contribution in [1.29, 1.82) is 0 Å². The second kappa shape index (κ2) is 8.31. The van der Waals surface area contributed by atoms with Gasteiger partial charge in [0.2, 0.25) is 0 Å². The molecule has 3 heteroatoms. The molecule has 2 nitrogen and oxygen atoms in total. The minimum Gasteiger partial charge on any atom is -0.525 e. The third kappa shape index (κ3) is 8.31. The summed E-state index contributed by atoms with van der Waals surface area (Å²) in [5, 5.41) is 0. The van der Waals surface area contributed by atoms with Crippen LogP contribution in [0.1, 0.15) is 0 Å². The second-order valence-electron chi connectivity index (χ2n) is 1.18. The topological polar surface area (TPSA) is 20.3 Å². The number of nitrogens with zero attached hydrogens (tertiary/aromatic N) is 1. The Morgan fingerprint density at radius 2 is 2.11 bits per heavy atom. The molecule has 0 N–H and O–H groups in total. The van der Waals surface area contributed by atoms with Gasteiger partial charge in [-0.15, -0.1) is 0 Å². The van der Waals surface area contributed by atoms with Gasteiger partial charge in [0, 0.05) is 5.91 Å². The van der Waals surface area contributed by atoms with Crippen LogP contribution >= 0.6 is 0 Å². The van der Waals surface area contributed by atoms with Crippen LogP contribution in [0, 0.1) is 20.6 Å². The molecular formula is C6H10NOY. The van der Waals surface area contributed by atoms with Crippen molar-refractivity contribution >= 4 is 5.91 Å². The largest absolute Gasteiger partial charge is 3.00 e. The van der Waals surface area contributed by atoms with Crippen LogP contribution < -0.4 is 0 Å². The first-order valence-corrected chi connectivity index (χ1v) is 1.79. The zero-order chi connectivity index (χ0) is 5.86. The maximum absolute atomic E-state index is 10.2. The minimum atomic E-state index is -0.292. The van der Waals surface area contributed by atoms with Crippen LogP contribution in [0.15, 0.2) is 6.58 Å². The standard InChI is InChI=1S/C5H7NO.CH3.Y/c1-4-5(7)6(2)3;;/h1-2H2,3H3;1H3;/q-2;-1;+3. The number of hydrogen-bond acceptors (Lipinski definition) is 1. The maximum atomic E-state index is 10.2. The van der Waals surface area contributed by atoms with Gasteiger partial charge in [-0.25, -0.2) is 0 Å². The van der Waals surface area contributed by atoms with Crippen LogP contribution in [-0.2, 0) is 37.5 Å². The molecule has 0 fully saturated rings. The van der Waals surface area contributed by atoms with E-state index in [9.17, 15) is 4.79 Å². The van der Waals surface area contributed by atoms with Crippen LogP contribution in [0.5, 0.6) is 0 Å². The van der Waals surface area contributed by atoms with Crippen molar-refractivity contribution in [2.45, 2.75) is 0 Å². The summed E-state index contributed by atoms with van der Waals surface area (Å²) in [6.45, 7) is 3.13. The monoisotopic (exact) mass is 201 g/mol. The molecule has 9 heavy (non-hydrogen) atoms.